The van der Waals surface area contributed by atoms with Gasteiger partial charge in [-0.25, -0.2) is 8.42 Å². The molecular formula is C11H15ClN2O3S2. The van der Waals surface area contributed by atoms with Crippen molar-refractivity contribution in [2.75, 3.05) is 23.0 Å². The minimum absolute atomic E-state index is 0.0309. The predicted molar refractivity (Wildman–Crippen MR) is 79.1 cm³/mol. The number of halogens is 1. The number of sulfone groups is 1. The highest BCUT2D eigenvalue weighted by atomic mass is 35.5. The number of nitrogen functional groups attached to an aromatic ring is 1. The first-order chi connectivity index (χ1) is 8.80. The lowest BCUT2D eigenvalue weighted by Gasteiger charge is -2.06. The molecule has 0 bridgehead atoms. The van der Waals surface area contributed by atoms with E-state index >= 15 is 0 Å². The summed E-state index contributed by atoms with van der Waals surface area (Å²) in [5.74, 6) is -0.508. The third-order valence-corrected chi connectivity index (χ3v) is 5.51. The van der Waals surface area contributed by atoms with Gasteiger partial charge in [0.2, 0.25) is 5.91 Å². The molecule has 0 radical (unpaired) electrons. The average Bonchev–Trinajstić information content (AvgIpc) is 2.31. The molecule has 0 saturated carbocycles. The zero-order valence-electron chi connectivity index (χ0n) is 10.1. The van der Waals surface area contributed by atoms with Gasteiger partial charge in [0, 0.05) is 27.8 Å². The molecule has 106 valence electrons. The second-order valence-corrected chi connectivity index (χ2v) is 7.78. The highest BCUT2D eigenvalue weighted by molar-refractivity contribution is 8.00. The minimum Gasteiger partial charge on any atom is -0.398 e. The standard InChI is InChI=1S/C11H15ClN2O3S2/c12-8-1-2-9(13)10(7-8)18-4-6-19(16,17)5-3-11(14)15/h1-2,7H,3-6,13H2,(H2,14,15). The first-order valence-electron chi connectivity index (χ1n) is 5.47. The van der Waals surface area contributed by atoms with Crippen molar-refractivity contribution in [1.29, 1.82) is 0 Å². The molecule has 0 aliphatic rings. The fourth-order valence-corrected chi connectivity index (χ4v) is 4.24. The van der Waals surface area contributed by atoms with Gasteiger partial charge in [-0.05, 0) is 18.2 Å². The highest BCUT2D eigenvalue weighted by Crippen LogP contribution is 2.28. The van der Waals surface area contributed by atoms with Gasteiger partial charge < -0.3 is 11.5 Å². The van der Waals surface area contributed by atoms with Crippen LogP contribution in [0.5, 0.6) is 0 Å². The van der Waals surface area contributed by atoms with E-state index in [0.29, 0.717) is 16.5 Å². The molecule has 0 aliphatic carbocycles. The van der Waals surface area contributed by atoms with Gasteiger partial charge in [-0.2, -0.15) is 0 Å². The number of anilines is 1. The lowest BCUT2D eigenvalue weighted by molar-refractivity contribution is -0.117. The van der Waals surface area contributed by atoms with Crippen LogP contribution in [0.4, 0.5) is 5.69 Å². The van der Waals surface area contributed by atoms with Crippen LogP contribution in [0.3, 0.4) is 0 Å². The SMILES string of the molecule is NC(=O)CCS(=O)(=O)CCSc1cc(Cl)ccc1N. The van der Waals surface area contributed by atoms with Crippen molar-refractivity contribution in [1.82, 2.24) is 0 Å². The number of hydrogen-bond donors (Lipinski definition) is 2. The summed E-state index contributed by atoms with van der Waals surface area (Å²) in [6.45, 7) is 0. The largest absolute Gasteiger partial charge is 0.398 e. The highest BCUT2D eigenvalue weighted by Gasteiger charge is 2.13. The van der Waals surface area contributed by atoms with Gasteiger partial charge in [-0.3, -0.25) is 4.79 Å². The van der Waals surface area contributed by atoms with Gasteiger partial charge in [-0.1, -0.05) is 11.6 Å². The van der Waals surface area contributed by atoms with Gasteiger partial charge in [0.1, 0.15) is 0 Å². The van der Waals surface area contributed by atoms with Crippen molar-refractivity contribution in [2.24, 2.45) is 5.73 Å². The van der Waals surface area contributed by atoms with E-state index < -0.39 is 15.7 Å². The van der Waals surface area contributed by atoms with Crippen molar-refractivity contribution in [3.8, 4) is 0 Å². The van der Waals surface area contributed by atoms with Gasteiger partial charge in [0.05, 0.1) is 11.5 Å². The second-order valence-electron chi connectivity index (χ2n) is 3.90. The van der Waals surface area contributed by atoms with E-state index in [1.807, 2.05) is 0 Å². The summed E-state index contributed by atoms with van der Waals surface area (Å²) >= 11 is 7.15. The summed E-state index contributed by atoms with van der Waals surface area (Å²) < 4.78 is 23.2. The summed E-state index contributed by atoms with van der Waals surface area (Å²) in [5, 5.41) is 0.549. The van der Waals surface area contributed by atoms with E-state index in [-0.39, 0.29) is 17.9 Å². The van der Waals surface area contributed by atoms with E-state index in [1.54, 1.807) is 18.2 Å². The number of benzene rings is 1. The van der Waals surface area contributed by atoms with E-state index in [9.17, 15) is 13.2 Å². The number of rotatable bonds is 7. The number of amides is 1. The van der Waals surface area contributed by atoms with E-state index in [4.69, 9.17) is 23.1 Å². The van der Waals surface area contributed by atoms with Crippen LogP contribution in [0.1, 0.15) is 6.42 Å². The summed E-state index contributed by atoms with van der Waals surface area (Å²) in [7, 11) is -3.27. The fourth-order valence-electron chi connectivity index (χ4n) is 1.27. The summed E-state index contributed by atoms with van der Waals surface area (Å²) in [6, 6.07) is 5.04. The molecule has 0 spiro atoms. The van der Waals surface area contributed by atoms with Crippen molar-refractivity contribution in [2.45, 2.75) is 11.3 Å². The minimum atomic E-state index is -3.27. The quantitative estimate of drug-likeness (QED) is 0.582. The van der Waals surface area contributed by atoms with Crippen LogP contribution in [0.25, 0.3) is 0 Å². The van der Waals surface area contributed by atoms with Crippen LogP contribution in [0, 0.1) is 0 Å². The molecule has 0 saturated heterocycles. The molecular weight excluding hydrogens is 308 g/mol. The smallest absolute Gasteiger partial charge is 0.218 e. The van der Waals surface area contributed by atoms with E-state index in [2.05, 4.69) is 0 Å². The van der Waals surface area contributed by atoms with Crippen LogP contribution >= 0.6 is 23.4 Å². The Bertz CT molecular complexity index is 561. The molecule has 1 aromatic carbocycles. The molecule has 8 heteroatoms. The zero-order valence-corrected chi connectivity index (χ0v) is 12.5. The summed E-state index contributed by atoms with van der Waals surface area (Å²) in [6.07, 6.45) is -0.147. The van der Waals surface area contributed by atoms with Crippen molar-refractivity contribution in [3.63, 3.8) is 0 Å². The van der Waals surface area contributed by atoms with E-state index in [1.165, 1.54) is 11.8 Å². The summed E-state index contributed by atoms with van der Waals surface area (Å²) in [4.78, 5) is 11.3. The van der Waals surface area contributed by atoms with Crippen molar-refractivity contribution < 1.29 is 13.2 Å². The molecule has 0 aromatic heterocycles. The third-order valence-electron chi connectivity index (χ3n) is 2.29. The Balaban J connectivity index is 2.49. The van der Waals surface area contributed by atoms with Crippen LogP contribution in [0.2, 0.25) is 5.02 Å². The normalized spacial score (nSPS) is 11.4. The Hall–Kier alpha value is -0.920. The molecule has 0 unspecified atom stereocenters. The molecule has 0 atom stereocenters. The summed E-state index contributed by atoms with van der Waals surface area (Å²) in [5.41, 5.74) is 11.2. The molecule has 0 fully saturated rings. The topological polar surface area (TPSA) is 103 Å². The lowest BCUT2D eigenvalue weighted by atomic mass is 10.3. The molecule has 0 heterocycles. The molecule has 4 N–H and O–H groups in total. The number of thioether (sulfide) groups is 1. The number of nitrogens with two attached hydrogens (primary N) is 2. The maximum Gasteiger partial charge on any atom is 0.218 e. The fraction of sp³-hybridized carbons (Fsp3) is 0.364. The average molecular weight is 323 g/mol. The van der Waals surface area contributed by atoms with Crippen LogP contribution in [-0.4, -0.2) is 31.6 Å². The Kier molecular flexibility index (Phi) is 5.96. The molecule has 0 aliphatic heterocycles. The van der Waals surface area contributed by atoms with Gasteiger partial charge in [0.15, 0.2) is 9.84 Å². The number of hydrogen-bond acceptors (Lipinski definition) is 5. The van der Waals surface area contributed by atoms with Crippen molar-refractivity contribution in [3.05, 3.63) is 23.2 Å². The third kappa shape index (κ3) is 6.17. The van der Waals surface area contributed by atoms with Gasteiger partial charge in [0.25, 0.3) is 0 Å². The number of carbonyl (C=O) groups excluding carboxylic acids is 1. The maximum absolute atomic E-state index is 11.6. The molecule has 1 aromatic rings. The molecule has 1 rings (SSSR count). The Labute approximate surface area is 121 Å². The Morgan fingerprint density at radius 2 is 2.00 bits per heavy atom. The zero-order chi connectivity index (χ0) is 14.5. The van der Waals surface area contributed by atoms with E-state index in [0.717, 1.165) is 4.90 Å². The Morgan fingerprint density at radius 1 is 1.32 bits per heavy atom. The first-order valence-corrected chi connectivity index (χ1v) is 8.65. The van der Waals surface area contributed by atoms with Crippen molar-refractivity contribution >= 4 is 44.8 Å². The van der Waals surface area contributed by atoms with Crippen LogP contribution in [-0.2, 0) is 14.6 Å². The number of carbonyl (C=O) groups is 1. The monoisotopic (exact) mass is 322 g/mol. The maximum atomic E-state index is 11.6. The lowest BCUT2D eigenvalue weighted by Crippen LogP contribution is -2.19. The molecule has 5 nitrogen and oxygen atoms in total. The van der Waals surface area contributed by atoms with Gasteiger partial charge in [-0.15, -0.1) is 11.8 Å². The van der Waals surface area contributed by atoms with Crippen LogP contribution in [0.15, 0.2) is 23.1 Å². The first kappa shape index (κ1) is 16.1. The van der Waals surface area contributed by atoms with Crippen LogP contribution < -0.4 is 11.5 Å². The Morgan fingerprint density at radius 3 is 2.63 bits per heavy atom. The molecule has 19 heavy (non-hydrogen) atoms. The number of primary amides is 1. The van der Waals surface area contributed by atoms with Gasteiger partial charge >= 0.3 is 0 Å². The molecule has 1 amide bonds. The predicted octanol–water partition coefficient (Wildman–Crippen LogP) is 1.30. The second kappa shape index (κ2) is 7.02.